The summed E-state index contributed by atoms with van der Waals surface area (Å²) < 4.78 is 0. The van der Waals surface area contributed by atoms with Crippen molar-refractivity contribution in [2.75, 3.05) is 0 Å². The monoisotopic (exact) mass is 252 g/mol. The minimum Gasteiger partial charge on any atom is -0.390 e. The zero-order valence-electron chi connectivity index (χ0n) is 12.3. The molecule has 2 aliphatic carbocycles. The van der Waals surface area contributed by atoms with Crippen LogP contribution in [0.1, 0.15) is 90.4 Å². The lowest BCUT2D eigenvalue weighted by molar-refractivity contribution is -0.0711. The van der Waals surface area contributed by atoms with Crippen LogP contribution in [0.4, 0.5) is 0 Å². The largest absolute Gasteiger partial charge is 0.390 e. The fourth-order valence-electron chi connectivity index (χ4n) is 4.20. The Morgan fingerprint density at radius 3 is 2.22 bits per heavy atom. The second-order valence-corrected chi connectivity index (χ2v) is 6.88. The number of unbranched alkanes of at least 4 members (excludes halogenated alkanes) is 2. The predicted molar refractivity (Wildman–Crippen MR) is 77.6 cm³/mol. The molecule has 0 unspecified atom stereocenters. The van der Waals surface area contributed by atoms with Crippen molar-refractivity contribution < 1.29 is 5.11 Å². The molecule has 0 heterocycles. The van der Waals surface area contributed by atoms with Crippen LogP contribution in [0.15, 0.2) is 0 Å². The fourth-order valence-corrected chi connectivity index (χ4v) is 4.20. The third-order valence-corrected chi connectivity index (χ3v) is 5.55. The van der Waals surface area contributed by atoms with Crippen molar-refractivity contribution in [3.05, 3.63) is 0 Å². The van der Waals surface area contributed by atoms with Crippen molar-refractivity contribution in [2.24, 2.45) is 11.8 Å². The lowest BCUT2D eigenvalue weighted by Gasteiger charge is -2.43. The van der Waals surface area contributed by atoms with Gasteiger partial charge in [-0.1, -0.05) is 51.9 Å². The summed E-state index contributed by atoms with van der Waals surface area (Å²) in [6.07, 6.45) is 17.0. The van der Waals surface area contributed by atoms with E-state index in [1.54, 1.807) is 0 Å². The maximum absolute atomic E-state index is 10.9. The van der Waals surface area contributed by atoms with E-state index in [0.717, 1.165) is 18.8 Å². The maximum Gasteiger partial charge on any atom is 0.0676 e. The van der Waals surface area contributed by atoms with Crippen molar-refractivity contribution in [3.63, 3.8) is 0 Å². The second-order valence-electron chi connectivity index (χ2n) is 6.88. The highest BCUT2D eigenvalue weighted by Gasteiger charge is 2.39. The highest BCUT2D eigenvalue weighted by Crippen LogP contribution is 2.43. The van der Waals surface area contributed by atoms with Crippen molar-refractivity contribution in [3.8, 4) is 0 Å². The van der Waals surface area contributed by atoms with E-state index < -0.39 is 0 Å². The van der Waals surface area contributed by atoms with E-state index in [-0.39, 0.29) is 5.60 Å². The maximum atomic E-state index is 10.9. The molecule has 2 fully saturated rings. The Bertz CT molecular complexity index is 222. The van der Waals surface area contributed by atoms with Crippen molar-refractivity contribution in [1.29, 1.82) is 0 Å². The van der Waals surface area contributed by atoms with Gasteiger partial charge in [0.25, 0.3) is 0 Å². The third-order valence-electron chi connectivity index (χ3n) is 5.55. The minimum atomic E-state index is -0.276. The van der Waals surface area contributed by atoms with Gasteiger partial charge in [-0.3, -0.25) is 0 Å². The van der Waals surface area contributed by atoms with Crippen LogP contribution in [0.5, 0.6) is 0 Å². The van der Waals surface area contributed by atoms with Crippen LogP contribution < -0.4 is 0 Å². The quantitative estimate of drug-likeness (QED) is 0.677. The van der Waals surface area contributed by atoms with Crippen LogP contribution in [-0.4, -0.2) is 10.7 Å². The van der Waals surface area contributed by atoms with E-state index in [4.69, 9.17) is 0 Å². The number of aliphatic hydroxyl groups is 1. The van der Waals surface area contributed by atoms with Gasteiger partial charge in [0.15, 0.2) is 0 Å². The van der Waals surface area contributed by atoms with Gasteiger partial charge in [0.1, 0.15) is 0 Å². The third kappa shape index (κ3) is 3.73. The molecule has 1 heteroatoms. The first-order valence-corrected chi connectivity index (χ1v) is 8.47. The average molecular weight is 252 g/mol. The van der Waals surface area contributed by atoms with Gasteiger partial charge in [0.2, 0.25) is 0 Å². The summed E-state index contributed by atoms with van der Waals surface area (Å²) >= 11 is 0. The van der Waals surface area contributed by atoms with E-state index in [0.29, 0.717) is 5.92 Å². The molecule has 0 saturated heterocycles. The average Bonchev–Trinajstić information content (AvgIpc) is 2.42. The molecule has 18 heavy (non-hydrogen) atoms. The van der Waals surface area contributed by atoms with E-state index in [1.165, 1.54) is 70.6 Å². The molecule has 0 radical (unpaired) electrons. The highest BCUT2D eigenvalue weighted by molar-refractivity contribution is 4.92. The number of rotatable bonds is 5. The van der Waals surface area contributed by atoms with Crippen molar-refractivity contribution in [2.45, 2.75) is 96.0 Å². The first-order valence-electron chi connectivity index (χ1n) is 8.47. The van der Waals surface area contributed by atoms with Gasteiger partial charge in [0, 0.05) is 0 Å². The summed E-state index contributed by atoms with van der Waals surface area (Å²) in [6, 6.07) is 0. The van der Waals surface area contributed by atoms with Crippen LogP contribution in [0.2, 0.25) is 0 Å². The van der Waals surface area contributed by atoms with Crippen LogP contribution in [0, 0.1) is 11.8 Å². The minimum absolute atomic E-state index is 0.276. The first kappa shape index (κ1) is 14.4. The summed E-state index contributed by atoms with van der Waals surface area (Å²) in [7, 11) is 0. The van der Waals surface area contributed by atoms with Crippen molar-refractivity contribution >= 4 is 0 Å². The zero-order valence-corrected chi connectivity index (χ0v) is 12.3. The van der Waals surface area contributed by atoms with Crippen molar-refractivity contribution in [1.82, 2.24) is 0 Å². The molecule has 0 atom stereocenters. The smallest absolute Gasteiger partial charge is 0.0676 e. The van der Waals surface area contributed by atoms with Gasteiger partial charge in [-0.2, -0.15) is 0 Å². The topological polar surface area (TPSA) is 20.2 Å². The van der Waals surface area contributed by atoms with Crippen LogP contribution in [-0.2, 0) is 0 Å². The fraction of sp³-hybridized carbons (Fsp3) is 1.00. The Morgan fingerprint density at radius 2 is 1.61 bits per heavy atom. The van der Waals surface area contributed by atoms with Gasteiger partial charge in [-0.25, -0.2) is 0 Å². The van der Waals surface area contributed by atoms with Gasteiger partial charge in [-0.05, 0) is 50.4 Å². The summed E-state index contributed by atoms with van der Waals surface area (Å²) in [5.41, 5.74) is -0.276. The molecule has 0 spiro atoms. The number of hydrogen-bond donors (Lipinski definition) is 1. The summed E-state index contributed by atoms with van der Waals surface area (Å²) in [5.74, 6) is 1.54. The second kappa shape index (κ2) is 6.93. The van der Waals surface area contributed by atoms with Gasteiger partial charge < -0.3 is 5.11 Å². The molecule has 0 bridgehead atoms. The molecule has 2 saturated carbocycles. The van der Waals surface area contributed by atoms with Crippen LogP contribution in [0.3, 0.4) is 0 Å². The Morgan fingerprint density at radius 1 is 0.944 bits per heavy atom. The molecule has 1 N–H and O–H groups in total. The molecular weight excluding hydrogens is 220 g/mol. The Hall–Kier alpha value is -0.0400. The normalized spacial score (nSPS) is 34.7. The molecule has 0 aromatic rings. The zero-order chi connectivity index (χ0) is 12.8. The summed E-state index contributed by atoms with van der Waals surface area (Å²) in [5, 5.41) is 10.9. The predicted octanol–water partition coefficient (Wildman–Crippen LogP) is 5.07. The van der Waals surface area contributed by atoms with E-state index in [2.05, 4.69) is 6.92 Å². The molecule has 1 nitrogen and oxygen atoms in total. The molecule has 106 valence electrons. The summed E-state index contributed by atoms with van der Waals surface area (Å²) in [4.78, 5) is 0. The number of hydrogen-bond acceptors (Lipinski definition) is 1. The van der Waals surface area contributed by atoms with E-state index >= 15 is 0 Å². The van der Waals surface area contributed by atoms with Gasteiger partial charge >= 0.3 is 0 Å². The SMILES string of the molecule is CCCCCC1CCC(O)(C2CCCCC2)CC1. The standard InChI is InChI=1S/C17H32O/c1-2-3-5-8-15-11-13-17(18,14-12-15)16-9-6-4-7-10-16/h15-16,18H,2-14H2,1H3. The molecule has 0 aromatic heterocycles. The van der Waals surface area contributed by atoms with Crippen LogP contribution in [0.25, 0.3) is 0 Å². The lowest BCUT2D eigenvalue weighted by atomic mass is 9.67. The van der Waals surface area contributed by atoms with Gasteiger partial charge in [-0.15, -0.1) is 0 Å². The molecule has 2 rings (SSSR count). The molecule has 0 amide bonds. The van der Waals surface area contributed by atoms with E-state index in [9.17, 15) is 5.11 Å². The summed E-state index contributed by atoms with van der Waals surface area (Å²) in [6.45, 7) is 2.28. The Labute approximate surface area is 113 Å². The molecular formula is C17H32O. The first-order chi connectivity index (χ1) is 8.74. The molecule has 2 aliphatic rings. The Balaban J connectivity index is 1.74. The van der Waals surface area contributed by atoms with E-state index in [1.807, 2.05) is 0 Å². The Kier molecular flexibility index (Phi) is 5.54. The highest BCUT2D eigenvalue weighted by atomic mass is 16.3. The van der Waals surface area contributed by atoms with Crippen LogP contribution >= 0.6 is 0 Å². The molecule has 0 aromatic carbocycles. The lowest BCUT2D eigenvalue weighted by Crippen LogP contribution is -2.42. The molecule has 0 aliphatic heterocycles. The van der Waals surface area contributed by atoms with Gasteiger partial charge in [0.05, 0.1) is 5.60 Å².